The van der Waals surface area contributed by atoms with Gasteiger partial charge in [0.1, 0.15) is 5.57 Å². The molecule has 2 N–H and O–H groups in total. The molecule has 0 unspecified atom stereocenters. The molecule has 0 heterocycles. The first kappa shape index (κ1) is 23.9. The molecule has 0 aliphatic rings. The second-order valence-corrected chi connectivity index (χ2v) is 7.54. The fourth-order valence-corrected chi connectivity index (χ4v) is 3.47. The van der Waals surface area contributed by atoms with Gasteiger partial charge in [0.15, 0.2) is 11.5 Å². The van der Waals surface area contributed by atoms with E-state index in [0.717, 1.165) is 11.1 Å². The highest BCUT2D eigenvalue weighted by Crippen LogP contribution is 2.36. The van der Waals surface area contributed by atoms with Crippen LogP contribution in [-0.2, 0) is 22.7 Å². The summed E-state index contributed by atoms with van der Waals surface area (Å²) in [6, 6.07) is 22.2. The lowest BCUT2D eigenvalue weighted by atomic mass is 10.1. The smallest absolute Gasteiger partial charge is 0.257 e. The molecule has 0 radical (unpaired) electrons. The minimum atomic E-state index is -0.504. The highest BCUT2D eigenvalue weighted by molar-refractivity contribution is 6.32. The molecule has 0 bridgehead atoms. The predicted molar refractivity (Wildman–Crippen MR) is 129 cm³/mol. The molecule has 7 heteroatoms. The first-order valence-electron chi connectivity index (χ1n) is 10.3. The minimum Gasteiger partial charge on any atom is -0.493 e. The maximum absolute atomic E-state index is 13.0. The van der Waals surface area contributed by atoms with Crippen LogP contribution in [0, 0.1) is 0 Å². The van der Waals surface area contributed by atoms with E-state index in [0.29, 0.717) is 22.1 Å². The third kappa shape index (κ3) is 6.60. The Bertz CT molecular complexity index is 1070. The van der Waals surface area contributed by atoms with Gasteiger partial charge >= 0.3 is 0 Å². The Morgan fingerprint density at radius 1 is 0.818 bits per heavy atom. The zero-order valence-corrected chi connectivity index (χ0v) is 19.2. The molecule has 0 saturated heterocycles. The number of nitrogens with one attached hydrogen (secondary N) is 2. The van der Waals surface area contributed by atoms with Gasteiger partial charge in [-0.2, -0.15) is 0 Å². The van der Waals surface area contributed by atoms with Crippen molar-refractivity contribution in [2.24, 2.45) is 0 Å². The van der Waals surface area contributed by atoms with Crippen LogP contribution in [0.3, 0.4) is 0 Å². The van der Waals surface area contributed by atoms with Gasteiger partial charge in [-0.25, -0.2) is 0 Å². The van der Waals surface area contributed by atoms with Crippen molar-refractivity contribution in [1.82, 2.24) is 10.6 Å². The molecule has 2 amide bonds. The highest BCUT2D eigenvalue weighted by atomic mass is 35.5. The molecule has 0 aliphatic heterocycles. The van der Waals surface area contributed by atoms with Crippen molar-refractivity contribution in [3.63, 3.8) is 0 Å². The van der Waals surface area contributed by atoms with E-state index >= 15 is 0 Å². The van der Waals surface area contributed by atoms with Crippen LogP contribution in [-0.4, -0.2) is 26.0 Å². The van der Waals surface area contributed by atoms with Gasteiger partial charge in [0.25, 0.3) is 11.8 Å². The summed E-state index contributed by atoms with van der Waals surface area (Å²) in [5, 5.41) is 5.92. The van der Waals surface area contributed by atoms with Crippen molar-refractivity contribution in [2.75, 3.05) is 14.2 Å². The molecule has 0 aliphatic carbocycles. The van der Waals surface area contributed by atoms with E-state index in [1.54, 1.807) is 12.1 Å². The normalized spacial score (nSPS) is 10.2. The third-order valence-corrected chi connectivity index (χ3v) is 5.13. The van der Waals surface area contributed by atoms with Crippen molar-refractivity contribution in [1.29, 1.82) is 0 Å². The third-order valence-electron chi connectivity index (χ3n) is 4.85. The van der Waals surface area contributed by atoms with Gasteiger partial charge in [0, 0.05) is 13.1 Å². The first-order chi connectivity index (χ1) is 16.0. The van der Waals surface area contributed by atoms with E-state index in [2.05, 4.69) is 10.6 Å². The Kier molecular flexibility index (Phi) is 8.49. The number of carbonyl (C=O) groups is 2. The lowest BCUT2D eigenvalue weighted by molar-refractivity contribution is -0.123. The molecule has 0 aromatic heterocycles. The number of hydrogen-bond acceptors (Lipinski definition) is 4. The Morgan fingerprint density at radius 3 is 1.79 bits per heavy atom. The van der Waals surface area contributed by atoms with E-state index < -0.39 is 11.8 Å². The van der Waals surface area contributed by atoms with Crippen LogP contribution in [0.25, 0.3) is 6.08 Å². The maximum Gasteiger partial charge on any atom is 0.257 e. The van der Waals surface area contributed by atoms with E-state index in [-0.39, 0.29) is 18.7 Å². The summed E-state index contributed by atoms with van der Waals surface area (Å²) in [4.78, 5) is 26.0. The van der Waals surface area contributed by atoms with Crippen LogP contribution < -0.4 is 20.1 Å². The SMILES string of the molecule is COc1cc(C=C(C(=O)NCc2ccccc2)C(=O)NCc2ccccc2)cc(Cl)c1OC. The summed E-state index contributed by atoms with van der Waals surface area (Å²) in [5.41, 5.74) is 2.32. The van der Waals surface area contributed by atoms with Gasteiger partial charge in [-0.15, -0.1) is 0 Å². The van der Waals surface area contributed by atoms with Crippen LogP contribution >= 0.6 is 11.6 Å². The minimum absolute atomic E-state index is 0.0508. The average Bonchev–Trinajstić information content (AvgIpc) is 2.85. The number of benzene rings is 3. The molecule has 3 rings (SSSR count). The van der Waals surface area contributed by atoms with Crippen molar-refractivity contribution >= 4 is 29.5 Å². The second kappa shape index (κ2) is 11.7. The number of methoxy groups -OCH3 is 2. The summed E-state index contributed by atoms with van der Waals surface area (Å²) in [7, 11) is 2.97. The second-order valence-electron chi connectivity index (χ2n) is 7.13. The zero-order chi connectivity index (χ0) is 23.6. The molecule has 33 heavy (non-hydrogen) atoms. The molecular weight excluding hydrogens is 440 g/mol. The van der Waals surface area contributed by atoms with Crippen LogP contribution in [0.2, 0.25) is 5.02 Å². The van der Waals surface area contributed by atoms with Gasteiger partial charge in [0.05, 0.1) is 19.2 Å². The topological polar surface area (TPSA) is 76.7 Å². The number of hydrogen-bond donors (Lipinski definition) is 2. The van der Waals surface area contributed by atoms with Crippen molar-refractivity contribution in [3.05, 3.63) is 100 Å². The van der Waals surface area contributed by atoms with E-state index in [1.807, 2.05) is 60.7 Å². The van der Waals surface area contributed by atoms with Crippen LogP contribution in [0.5, 0.6) is 11.5 Å². The molecule has 0 spiro atoms. The summed E-state index contributed by atoms with van der Waals surface area (Å²) in [6.07, 6.45) is 1.48. The molecule has 6 nitrogen and oxygen atoms in total. The van der Waals surface area contributed by atoms with Crippen molar-refractivity contribution < 1.29 is 19.1 Å². The van der Waals surface area contributed by atoms with E-state index in [9.17, 15) is 9.59 Å². The van der Waals surface area contributed by atoms with E-state index in [4.69, 9.17) is 21.1 Å². The monoisotopic (exact) mass is 464 g/mol. The van der Waals surface area contributed by atoms with Gasteiger partial charge < -0.3 is 20.1 Å². The molecular formula is C26H25ClN2O4. The van der Waals surface area contributed by atoms with Crippen molar-refractivity contribution in [2.45, 2.75) is 13.1 Å². The molecule has 0 fully saturated rings. The van der Waals surface area contributed by atoms with Gasteiger partial charge in [0.2, 0.25) is 0 Å². The predicted octanol–water partition coefficient (Wildman–Crippen LogP) is 4.37. The fourth-order valence-electron chi connectivity index (χ4n) is 3.17. The lowest BCUT2D eigenvalue weighted by Crippen LogP contribution is -2.34. The molecule has 0 saturated carbocycles. The highest BCUT2D eigenvalue weighted by Gasteiger charge is 2.19. The lowest BCUT2D eigenvalue weighted by Gasteiger charge is -2.13. The molecule has 3 aromatic rings. The van der Waals surface area contributed by atoms with E-state index in [1.165, 1.54) is 20.3 Å². The molecule has 170 valence electrons. The number of amides is 2. The Morgan fingerprint density at radius 2 is 1.33 bits per heavy atom. The molecule has 3 aromatic carbocycles. The first-order valence-corrected chi connectivity index (χ1v) is 10.7. The Labute approximate surface area is 198 Å². The van der Waals surface area contributed by atoms with Crippen LogP contribution in [0.15, 0.2) is 78.4 Å². The quantitative estimate of drug-likeness (QED) is 0.280. The average molecular weight is 465 g/mol. The van der Waals surface area contributed by atoms with Crippen LogP contribution in [0.1, 0.15) is 16.7 Å². The zero-order valence-electron chi connectivity index (χ0n) is 18.4. The summed E-state index contributed by atoms with van der Waals surface area (Å²) >= 11 is 6.30. The standard InChI is InChI=1S/C26H25ClN2O4/c1-32-23-15-20(14-22(27)24(23)33-2)13-21(25(30)28-16-18-9-5-3-6-10-18)26(31)29-17-19-11-7-4-8-12-19/h3-15H,16-17H2,1-2H3,(H,28,30)(H,29,31). The Balaban J connectivity index is 1.87. The molecule has 0 atom stereocenters. The summed E-state index contributed by atoms with van der Waals surface area (Å²) < 4.78 is 10.6. The number of carbonyl (C=O) groups excluding carboxylic acids is 2. The number of ether oxygens (including phenoxy) is 2. The fraction of sp³-hybridized carbons (Fsp3) is 0.154. The summed E-state index contributed by atoms with van der Waals surface area (Å²) in [6.45, 7) is 0.575. The van der Waals surface area contributed by atoms with Crippen molar-refractivity contribution in [3.8, 4) is 11.5 Å². The van der Waals surface area contributed by atoms with Gasteiger partial charge in [-0.05, 0) is 34.9 Å². The van der Waals surface area contributed by atoms with Gasteiger partial charge in [-0.1, -0.05) is 72.3 Å². The van der Waals surface area contributed by atoms with Gasteiger partial charge in [-0.3, -0.25) is 9.59 Å². The Hall–Kier alpha value is -3.77. The van der Waals surface area contributed by atoms with Crippen LogP contribution in [0.4, 0.5) is 0 Å². The number of halogens is 1. The maximum atomic E-state index is 13.0. The largest absolute Gasteiger partial charge is 0.493 e. The summed E-state index contributed by atoms with van der Waals surface area (Å²) in [5.74, 6) is -0.240. The number of rotatable bonds is 9.